The quantitative estimate of drug-likeness (QED) is 0.119. The predicted octanol–water partition coefficient (Wildman–Crippen LogP) is 34.7. The minimum atomic E-state index is 0.189. The second kappa shape index (κ2) is 32.7. The number of hydrogen-bond acceptors (Lipinski definition) is 13. The van der Waals surface area contributed by atoms with Crippen LogP contribution in [-0.4, -0.2) is 29.9 Å². The maximum absolute atomic E-state index is 6.53. The van der Waals surface area contributed by atoms with Crippen LogP contribution in [0.15, 0.2) is 468 Å². The van der Waals surface area contributed by atoms with Gasteiger partial charge in [0.05, 0.1) is 56.9 Å². The summed E-state index contributed by atoms with van der Waals surface area (Å²) in [5.74, 6) is 3.42. The van der Waals surface area contributed by atoms with Gasteiger partial charge >= 0.3 is 302 Å². The molecule has 0 spiro atoms. The Kier molecular flexibility index (Phi) is 19.0. The van der Waals surface area contributed by atoms with Gasteiger partial charge in [-0.15, -0.1) is 22.7 Å². The van der Waals surface area contributed by atoms with Gasteiger partial charge < -0.3 is 29.1 Å². The second-order valence-corrected chi connectivity index (χ2v) is 45.2. The predicted molar refractivity (Wildman–Crippen MR) is 595 cm³/mol. The van der Waals surface area contributed by atoms with Crippen molar-refractivity contribution < 1.29 is 9.47 Å². The van der Waals surface area contributed by atoms with Crippen LogP contribution in [0.5, 0.6) is 23.0 Å². The fourth-order valence-corrected chi connectivity index (χ4v) is 31.3. The van der Waals surface area contributed by atoms with E-state index in [-0.39, 0.29) is 29.9 Å². The number of fused-ring (bicyclic) bond motifs is 25. The summed E-state index contributed by atoms with van der Waals surface area (Å²) >= 11 is 9.77. The van der Waals surface area contributed by atoms with Crippen LogP contribution in [0.2, 0.25) is 0 Å². The molecule has 0 fully saturated rings. The Balaban J connectivity index is 0.000000100. The third-order valence-electron chi connectivity index (χ3n) is 27.4. The summed E-state index contributed by atoms with van der Waals surface area (Å²) in [4.78, 5) is 19.8. The van der Waals surface area contributed by atoms with E-state index in [2.05, 4.69) is 442 Å². The molecule has 6 aliphatic rings. The van der Waals surface area contributed by atoms with E-state index in [1.165, 1.54) is 209 Å². The van der Waals surface area contributed by atoms with Crippen molar-refractivity contribution in [3.63, 3.8) is 0 Å². The average molecular weight is 2000 g/mol. The zero-order chi connectivity index (χ0) is 91.0. The molecule has 0 saturated heterocycles. The van der Waals surface area contributed by atoms with Gasteiger partial charge in [-0.1, -0.05) is 169 Å². The molecule has 9 heterocycles. The molecule has 0 saturated carbocycles. The van der Waals surface area contributed by atoms with Crippen molar-refractivity contribution in [1.29, 1.82) is 0 Å². The Hall–Kier alpha value is -15.3. The molecule has 0 radical (unpaired) electrons. The zero-order valence-corrected chi connectivity index (χ0v) is 81.6. The molecule has 0 aliphatic carbocycles. The first-order valence-electron chi connectivity index (χ1n) is 46.5. The molecule has 0 N–H and O–H groups in total. The Labute approximate surface area is 834 Å². The molecule has 31 rings (SSSR count). The summed E-state index contributed by atoms with van der Waals surface area (Å²) in [7, 11) is 0. The summed E-state index contributed by atoms with van der Waals surface area (Å²) < 4.78 is 26.3. The molecule has 654 valence electrons. The van der Waals surface area contributed by atoms with Gasteiger partial charge in [0.25, 0.3) is 0 Å². The summed E-state index contributed by atoms with van der Waals surface area (Å²) in [6, 6.07) is 164. The van der Waals surface area contributed by atoms with E-state index in [1.54, 1.807) is 0 Å². The molecule has 8 nitrogen and oxygen atoms in total. The van der Waals surface area contributed by atoms with Crippen LogP contribution in [0.25, 0.3) is 104 Å². The van der Waals surface area contributed by atoms with Crippen molar-refractivity contribution in [1.82, 2.24) is 0 Å². The molecule has 25 aromatic rings. The van der Waals surface area contributed by atoms with Gasteiger partial charge in [-0.2, -0.15) is 0 Å². The Morgan fingerprint density at radius 2 is 0.482 bits per heavy atom. The molecular formula is C124H74N6O2S5Se2. The Bertz CT molecular complexity index is 9310. The summed E-state index contributed by atoms with van der Waals surface area (Å²) in [6.45, 7) is 0. The molecular weight excluding hydrogens is 1920 g/mol. The fraction of sp³-hybridized carbons (Fsp3) is 0. The Morgan fingerprint density at radius 1 is 0.165 bits per heavy atom. The molecule has 22 aromatic carbocycles. The third-order valence-corrected chi connectivity index (χ3v) is 37.7. The van der Waals surface area contributed by atoms with E-state index < -0.39 is 0 Å². The van der Waals surface area contributed by atoms with Crippen LogP contribution in [0, 0.1) is 0 Å². The summed E-state index contributed by atoms with van der Waals surface area (Å²) in [5.41, 5.74) is 21.3. The number of benzene rings is 22. The molecule has 0 amide bonds. The van der Waals surface area contributed by atoms with Crippen molar-refractivity contribution in [3.05, 3.63) is 449 Å². The van der Waals surface area contributed by atoms with Gasteiger partial charge in [0, 0.05) is 82.1 Å². The summed E-state index contributed by atoms with van der Waals surface area (Å²) in [5, 5.41) is 17.7. The number of para-hydroxylation sites is 12. The van der Waals surface area contributed by atoms with Crippen LogP contribution in [0.4, 0.5) is 102 Å². The molecule has 3 aromatic heterocycles. The monoisotopic (exact) mass is 2000 g/mol. The van der Waals surface area contributed by atoms with Gasteiger partial charge in [0.15, 0.2) is 23.0 Å². The van der Waals surface area contributed by atoms with Gasteiger partial charge in [0.2, 0.25) is 0 Å². The molecule has 0 atom stereocenters. The van der Waals surface area contributed by atoms with Crippen LogP contribution in [-0.2, 0) is 0 Å². The fourth-order valence-electron chi connectivity index (χ4n) is 21.3. The van der Waals surface area contributed by atoms with Crippen LogP contribution < -0.4 is 56.7 Å². The molecule has 6 aliphatic heterocycles. The van der Waals surface area contributed by atoms with Gasteiger partial charge in [-0.3, -0.25) is 0 Å². The first-order chi connectivity index (χ1) is 68.9. The maximum atomic E-state index is 6.53. The number of rotatable bonds is 6. The van der Waals surface area contributed by atoms with Gasteiger partial charge in [-0.25, -0.2) is 0 Å². The van der Waals surface area contributed by atoms with Crippen molar-refractivity contribution in [2.45, 2.75) is 19.6 Å². The molecule has 15 heteroatoms. The number of thiophene rings is 3. The average Bonchev–Trinajstić information content (AvgIpc) is 1.10. The number of anilines is 18. The third kappa shape index (κ3) is 13.1. The van der Waals surface area contributed by atoms with Gasteiger partial charge in [0.1, 0.15) is 0 Å². The van der Waals surface area contributed by atoms with E-state index in [4.69, 9.17) is 9.47 Å². The van der Waals surface area contributed by atoms with E-state index >= 15 is 0 Å². The first-order valence-corrected chi connectivity index (χ1v) is 54.0. The SMILES string of the molecule is c1ccc2c(c1)Oc1ccccc1N2c1ccc2cc(N3c4ccccc4Oc4cc5c(cc43)sc3ccccc35)ccc2c1.c1ccc2c(c1)Sc1ccccc1N2c1cccc2c(N3c4ccccc4Sc4cc5c(cc43)sc3ccccc35)cccc12.c1ccc2c(c1)[Se]c1ccccc1N2c1c2ccccc2c(N2c3ccccc3[Se]c3cc4c(cc32)sc2ccccc24)c2ccccc12. The van der Waals surface area contributed by atoms with Crippen molar-refractivity contribution >= 4 is 311 Å². The number of hydrogen-bond donors (Lipinski definition) is 0. The van der Waals surface area contributed by atoms with E-state index in [0.29, 0.717) is 0 Å². The zero-order valence-electron chi connectivity index (χ0n) is 74.1. The first kappa shape index (κ1) is 80.9. The van der Waals surface area contributed by atoms with Crippen LogP contribution in [0.3, 0.4) is 0 Å². The number of nitrogens with zero attached hydrogens (tertiary/aromatic N) is 6. The van der Waals surface area contributed by atoms with Gasteiger partial charge in [-0.05, 0) is 156 Å². The van der Waals surface area contributed by atoms with Crippen molar-refractivity contribution in [2.75, 3.05) is 29.4 Å². The molecule has 0 unspecified atom stereocenters. The minimum absolute atomic E-state index is 0.189. The topological polar surface area (TPSA) is 37.9 Å². The second-order valence-electron chi connectivity index (χ2n) is 35.2. The molecule has 139 heavy (non-hydrogen) atoms. The van der Waals surface area contributed by atoms with Crippen LogP contribution in [0.1, 0.15) is 0 Å². The molecule has 0 bridgehead atoms. The van der Waals surface area contributed by atoms with E-state index in [9.17, 15) is 0 Å². The van der Waals surface area contributed by atoms with E-state index in [0.717, 1.165) is 57.1 Å². The number of ether oxygens (including phenoxy) is 2. The van der Waals surface area contributed by atoms with Crippen molar-refractivity contribution in [2.24, 2.45) is 0 Å². The van der Waals surface area contributed by atoms with Crippen LogP contribution >= 0.6 is 57.5 Å². The van der Waals surface area contributed by atoms with E-state index in [1.807, 2.05) is 93.9 Å². The Morgan fingerprint density at radius 3 is 0.942 bits per heavy atom. The van der Waals surface area contributed by atoms with Crippen molar-refractivity contribution in [3.8, 4) is 23.0 Å². The normalized spacial score (nSPS) is 13.4. The standard InChI is InChI=1S/C44H26N2SSe2.C40H24N2O2S.C40H24N2S3/c1-3-16-30-28(14-1)43(45-33-18-6-10-22-39(33)48-40-23-11-7-19-34(40)45)29-15-2-4-17-31(29)44(30)46-35-20-8-12-24-41(35)49-42-25-32-27-13-5-9-21-37(27)47-38(32)26-36(42)46;1-8-16-39-29(9-1)30-23-38-34(24-40(30)45-39)42(33-12-4-7-15-37(33)44-38)28-20-18-25-21-27(19-17-26(25)22-28)41-31-10-2-5-13-35(31)43-36-14-6-3-11-32(36)41;1-5-19-35-27(11-1)28-23-40-34(24-39(28)43-35)42(33-16-4-8-22-38(33)45-40)30-18-10-12-25-26(30)13-9-17-29(25)41-31-14-2-6-20-36(31)44-37-21-7-3-15-32(37)41/h1-26H;2*1-24H. The summed E-state index contributed by atoms with van der Waals surface area (Å²) in [6.07, 6.45) is 0.